The van der Waals surface area contributed by atoms with Crippen LogP contribution in [0.25, 0.3) is 6.08 Å². The zero-order chi connectivity index (χ0) is 16.0. The molecular weight excluding hydrogens is 276 g/mol. The second kappa shape index (κ2) is 6.94. The normalized spacial score (nSPS) is 12.0. The van der Waals surface area contributed by atoms with Crippen molar-refractivity contribution in [2.24, 2.45) is 5.73 Å². The molecule has 8 N–H and O–H groups in total. The zero-order valence-electron chi connectivity index (χ0n) is 11.1. The van der Waals surface area contributed by atoms with Crippen molar-refractivity contribution in [1.82, 2.24) is 5.32 Å². The molecule has 8 heteroatoms. The standard InChI is InChI=1S/C13H16N4O4/c14-8-2-3-9(15)7(5-8)1-4-12(19)17-10(13(20)21)6-11(16)18/h1-5,10H,6,14-15H2,(H2,16,18)(H,17,19)(H,20,21)/b4-1+/t10-/m0/s1. The molecular formula is C13H16N4O4. The van der Waals surface area contributed by atoms with Gasteiger partial charge in [-0.2, -0.15) is 0 Å². The quantitative estimate of drug-likeness (QED) is 0.344. The number of benzene rings is 1. The Morgan fingerprint density at radius 1 is 1.29 bits per heavy atom. The van der Waals surface area contributed by atoms with Gasteiger partial charge in [-0.3, -0.25) is 9.59 Å². The highest BCUT2D eigenvalue weighted by Crippen LogP contribution is 2.16. The average Bonchev–Trinajstić information content (AvgIpc) is 2.38. The lowest BCUT2D eigenvalue weighted by Gasteiger charge is -2.10. The van der Waals surface area contributed by atoms with Crippen LogP contribution >= 0.6 is 0 Å². The van der Waals surface area contributed by atoms with E-state index in [-0.39, 0.29) is 0 Å². The van der Waals surface area contributed by atoms with Gasteiger partial charge in [0, 0.05) is 17.5 Å². The number of anilines is 2. The summed E-state index contributed by atoms with van der Waals surface area (Å²) in [7, 11) is 0. The minimum atomic E-state index is -1.38. The van der Waals surface area contributed by atoms with Gasteiger partial charge in [-0.05, 0) is 29.8 Å². The zero-order valence-corrected chi connectivity index (χ0v) is 11.1. The van der Waals surface area contributed by atoms with Crippen LogP contribution in [0, 0.1) is 0 Å². The van der Waals surface area contributed by atoms with Gasteiger partial charge in [0.05, 0.1) is 6.42 Å². The largest absolute Gasteiger partial charge is 0.480 e. The molecule has 1 atom stereocenters. The first-order valence-corrected chi connectivity index (χ1v) is 5.94. The van der Waals surface area contributed by atoms with Crippen LogP contribution in [-0.2, 0) is 14.4 Å². The number of carboxylic acid groups (broad SMARTS) is 1. The maximum atomic E-state index is 11.6. The van der Waals surface area contributed by atoms with Gasteiger partial charge in [0.15, 0.2) is 0 Å². The molecule has 0 bridgehead atoms. The molecule has 0 fully saturated rings. The van der Waals surface area contributed by atoms with E-state index < -0.39 is 30.2 Å². The summed E-state index contributed by atoms with van der Waals surface area (Å²) in [6, 6.07) is 3.38. The molecule has 1 rings (SSSR count). The van der Waals surface area contributed by atoms with E-state index in [9.17, 15) is 14.4 Å². The summed E-state index contributed by atoms with van der Waals surface area (Å²) in [5.74, 6) is -2.86. The smallest absolute Gasteiger partial charge is 0.326 e. The number of carboxylic acids is 1. The van der Waals surface area contributed by atoms with Crippen molar-refractivity contribution in [3.63, 3.8) is 0 Å². The number of aliphatic carboxylic acids is 1. The van der Waals surface area contributed by atoms with Crippen LogP contribution in [0.4, 0.5) is 11.4 Å². The summed E-state index contributed by atoms with van der Waals surface area (Å²) in [6.07, 6.45) is 2.00. The molecule has 2 amide bonds. The average molecular weight is 292 g/mol. The molecule has 0 aliphatic heterocycles. The highest BCUT2D eigenvalue weighted by molar-refractivity contribution is 5.96. The molecule has 0 saturated carbocycles. The van der Waals surface area contributed by atoms with Crippen molar-refractivity contribution in [2.75, 3.05) is 11.5 Å². The number of primary amides is 1. The molecule has 0 aromatic heterocycles. The van der Waals surface area contributed by atoms with Crippen LogP contribution in [-0.4, -0.2) is 28.9 Å². The maximum Gasteiger partial charge on any atom is 0.326 e. The Kier molecular flexibility index (Phi) is 5.30. The van der Waals surface area contributed by atoms with Gasteiger partial charge < -0.3 is 27.6 Å². The lowest BCUT2D eigenvalue weighted by Crippen LogP contribution is -2.42. The molecule has 0 unspecified atom stereocenters. The van der Waals surface area contributed by atoms with E-state index in [1.165, 1.54) is 6.08 Å². The third-order valence-electron chi connectivity index (χ3n) is 2.55. The van der Waals surface area contributed by atoms with Crippen LogP contribution < -0.4 is 22.5 Å². The van der Waals surface area contributed by atoms with Crippen molar-refractivity contribution in [1.29, 1.82) is 0 Å². The van der Waals surface area contributed by atoms with Gasteiger partial charge in [-0.25, -0.2) is 4.79 Å². The molecule has 0 spiro atoms. The molecule has 21 heavy (non-hydrogen) atoms. The molecule has 0 saturated heterocycles. The third kappa shape index (κ3) is 5.23. The highest BCUT2D eigenvalue weighted by Gasteiger charge is 2.20. The van der Waals surface area contributed by atoms with E-state index in [1.54, 1.807) is 18.2 Å². The SMILES string of the molecule is NC(=O)C[C@H](NC(=O)/C=C/c1cc(N)ccc1N)C(=O)O. The topological polar surface area (TPSA) is 162 Å². The number of nitrogen functional groups attached to an aromatic ring is 2. The lowest BCUT2D eigenvalue weighted by molar-refractivity contribution is -0.142. The van der Waals surface area contributed by atoms with E-state index in [2.05, 4.69) is 5.32 Å². The molecule has 0 aliphatic rings. The first-order valence-electron chi connectivity index (χ1n) is 5.94. The van der Waals surface area contributed by atoms with E-state index in [4.69, 9.17) is 22.3 Å². The molecule has 1 aromatic rings. The van der Waals surface area contributed by atoms with Crippen molar-refractivity contribution in [3.8, 4) is 0 Å². The summed E-state index contributed by atoms with van der Waals surface area (Å²) >= 11 is 0. The van der Waals surface area contributed by atoms with E-state index >= 15 is 0 Å². The molecule has 8 nitrogen and oxygen atoms in total. The summed E-state index contributed by atoms with van der Waals surface area (Å²) in [5, 5.41) is 11.0. The number of amides is 2. The molecule has 0 aliphatic carbocycles. The van der Waals surface area contributed by atoms with Crippen LogP contribution in [0.5, 0.6) is 0 Å². The minimum absolute atomic E-state index is 0.417. The Balaban J connectivity index is 2.75. The summed E-state index contributed by atoms with van der Waals surface area (Å²) in [6.45, 7) is 0. The van der Waals surface area contributed by atoms with Crippen LogP contribution in [0.15, 0.2) is 24.3 Å². The highest BCUT2D eigenvalue weighted by atomic mass is 16.4. The number of hydrogen-bond donors (Lipinski definition) is 5. The fourth-order valence-electron chi connectivity index (χ4n) is 1.52. The summed E-state index contributed by atoms with van der Waals surface area (Å²) < 4.78 is 0. The van der Waals surface area contributed by atoms with Gasteiger partial charge in [0.1, 0.15) is 6.04 Å². The predicted molar refractivity (Wildman–Crippen MR) is 77.7 cm³/mol. The van der Waals surface area contributed by atoms with E-state index in [0.29, 0.717) is 16.9 Å². The molecule has 1 aromatic carbocycles. The second-order valence-electron chi connectivity index (χ2n) is 4.29. The van der Waals surface area contributed by atoms with Crippen LogP contribution in [0.3, 0.4) is 0 Å². The van der Waals surface area contributed by atoms with E-state index in [0.717, 1.165) is 6.08 Å². The Morgan fingerprint density at radius 3 is 2.52 bits per heavy atom. The first-order chi connectivity index (χ1) is 9.79. The third-order valence-corrected chi connectivity index (χ3v) is 2.55. The monoisotopic (exact) mass is 292 g/mol. The van der Waals surface area contributed by atoms with Gasteiger partial charge in [0.25, 0.3) is 0 Å². The fraction of sp³-hybridized carbons (Fsp3) is 0.154. The maximum absolute atomic E-state index is 11.6. The molecule has 0 radical (unpaired) electrons. The minimum Gasteiger partial charge on any atom is -0.480 e. The van der Waals surface area contributed by atoms with Crippen LogP contribution in [0.1, 0.15) is 12.0 Å². The van der Waals surface area contributed by atoms with Crippen molar-refractivity contribution < 1.29 is 19.5 Å². The Hall–Kier alpha value is -3.03. The summed E-state index contributed by atoms with van der Waals surface area (Å²) in [5.41, 5.74) is 17.6. The van der Waals surface area contributed by atoms with Gasteiger partial charge >= 0.3 is 5.97 Å². The first kappa shape index (κ1) is 16.0. The van der Waals surface area contributed by atoms with Crippen LogP contribution in [0.2, 0.25) is 0 Å². The van der Waals surface area contributed by atoms with Gasteiger partial charge in [-0.1, -0.05) is 0 Å². The number of carbonyl (C=O) groups excluding carboxylic acids is 2. The molecule has 112 valence electrons. The van der Waals surface area contributed by atoms with Gasteiger partial charge in [-0.15, -0.1) is 0 Å². The van der Waals surface area contributed by atoms with Crippen molar-refractivity contribution in [2.45, 2.75) is 12.5 Å². The van der Waals surface area contributed by atoms with Crippen molar-refractivity contribution >= 4 is 35.2 Å². The summed E-state index contributed by atoms with van der Waals surface area (Å²) in [4.78, 5) is 33.2. The Bertz CT molecular complexity index is 598. The lowest BCUT2D eigenvalue weighted by atomic mass is 10.1. The number of carbonyl (C=O) groups is 3. The predicted octanol–water partition coefficient (Wildman–Crippen LogP) is -0.691. The number of nitrogens with one attached hydrogen (secondary N) is 1. The second-order valence-corrected chi connectivity index (χ2v) is 4.29. The molecule has 0 heterocycles. The Morgan fingerprint density at radius 2 is 1.95 bits per heavy atom. The number of hydrogen-bond acceptors (Lipinski definition) is 5. The number of rotatable bonds is 6. The van der Waals surface area contributed by atoms with Gasteiger partial charge in [0.2, 0.25) is 11.8 Å². The van der Waals surface area contributed by atoms with E-state index in [1.807, 2.05) is 0 Å². The number of nitrogens with two attached hydrogens (primary N) is 3. The Labute approximate surface area is 120 Å². The fourth-order valence-corrected chi connectivity index (χ4v) is 1.52. The van der Waals surface area contributed by atoms with Crippen molar-refractivity contribution in [3.05, 3.63) is 29.8 Å².